The normalized spacial score (nSPS) is 12.6. The summed E-state index contributed by atoms with van der Waals surface area (Å²) < 4.78 is 61.3. The van der Waals surface area contributed by atoms with E-state index in [1.807, 2.05) is 26.0 Å². The summed E-state index contributed by atoms with van der Waals surface area (Å²) in [4.78, 5) is 0.469. The van der Waals surface area contributed by atoms with E-state index in [2.05, 4.69) is 6.58 Å². The fraction of sp³-hybridized carbons (Fsp3) is 0.391. The van der Waals surface area contributed by atoms with E-state index in [0.29, 0.717) is 34.0 Å². The lowest BCUT2D eigenvalue weighted by molar-refractivity contribution is 0.469. The first-order valence-corrected chi connectivity index (χ1v) is 15.9. The second-order valence-electron chi connectivity index (χ2n) is 8.45. The molecule has 0 aliphatic heterocycles. The van der Waals surface area contributed by atoms with Crippen molar-refractivity contribution in [3.63, 3.8) is 0 Å². The summed E-state index contributed by atoms with van der Waals surface area (Å²) in [5.41, 5.74) is 2.39. The smallest absolute Gasteiger partial charge is 0.265 e. The molecular weight excluding hydrogens is 533 g/mol. The first-order chi connectivity index (χ1) is 16.1. The lowest BCUT2D eigenvalue weighted by atomic mass is 9.77. The fourth-order valence-corrected chi connectivity index (χ4v) is 6.66. The minimum Gasteiger partial charge on any atom is -0.508 e. The van der Waals surface area contributed by atoms with E-state index in [9.17, 15) is 27.0 Å². The summed E-state index contributed by atoms with van der Waals surface area (Å²) in [5.74, 6) is 0.459. The van der Waals surface area contributed by atoms with Crippen LogP contribution in [0.1, 0.15) is 42.5 Å². The van der Waals surface area contributed by atoms with E-state index >= 15 is 0 Å². The Morgan fingerprint density at radius 1 is 0.886 bits per heavy atom. The first kappa shape index (κ1) is 29.5. The highest BCUT2D eigenvalue weighted by Crippen LogP contribution is 2.39. The van der Waals surface area contributed by atoms with Gasteiger partial charge >= 0.3 is 0 Å². The predicted molar refractivity (Wildman–Crippen MR) is 143 cm³/mol. The molecule has 4 N–H and O–H groups in total. The van der Waals surface area contributed by atoms with Crippen LogP contribution >= 0.6 is 23.5 Å². The SMILES string of the molecule is C=C(SCCS(=O)(=O)O)c1cc(C(C)(C)c2ccc(O)c(CSCCCS(=O)(=O)O)c2)ccc1O. The van der Waals surface area contributed by atoms with Crippen molar-refractivity contribution in [3.8, 4) is 11.5 Å². The van der Waals surface area contributed by atoms with Gasteiger partial charge in [0.05, 0.1) is 11.5 Å². The molecule has 35 heavy (non-hydrogen) atoms. The Morgan fingerprint density at radius 3 is 2.06 bits per heavy atom. The third-order valence-corrected chi connectivity index (χ3v) is 9.24. The summed E-state index contributed by atoms with van der Waals surface area (Å²) in [6, 6.07) is 10.4. The summed E-state index contributed by atoms with van der Waals surface area (Å²) >= 11 is 2.57. The van der Waals surface area contributed by atoms with E-state index in [-0.39, 0.29) is 23.0 Å². The Bertz CT molecular complexity index is 1270. The molecule has 2 rings (SSSR count). The van der Waals surface area contributed by atoms with Crippen molar-refractivity contribution in [1.29, 1.82) is 0 Å². The van der Waals surface area contributed by atoms with Crippen LogP contribution in [0.15, 0.2) is 43.0 Å². The largest absolute Gasteiger partial charge is 0.508 e. The molecule has 0 aromatic heterocycles. The highest BCUT2D eigenvalue weighted by Gasteiger charge is 2.25. The van der Waals surface area contributed by atoms with Crippen molar-refractivity contribution in [3.05, 3.63) is 65.2 Å². The monoisotopic (exact) mass is 562 g/mol. The van der Waals surface area contributed by atoms with Crippen molar-refractivity contribution < 1.29 is 36.2 Å². The molecule has 0 radical (unpaired) electrons. The molecule has 0 spiro atoms. The topological polar surface area (TPSA) is 149 Å². The highest BCUT2D eigenvalue weighted by molar-refractivity contribution is 8.08. The summed E-state index contributed by atoms with van der Waals surface area (Å²) in [5, 5.41) is 20.6. The van der Waals surface area contributed by atoms with E-state index in [0.717, 1.165) is 22.9 Å². The molecule has 0 aliphatic rings. The molecule has 0 saturated heterocycles. The van der Waals surface area contributed by atoms with Crippen LogP contribution in [0.2, 0.25) is 0 Å². The third kappa shape index (κ3) is 9.36. The van der Waals surface area contributed by atoms with Gasteiger partial charge in [0.15, 0.2) is 0 Å². The first-order valence-electron chi connectivity index (χ1n) is 10.6. The molecular formula is C23H30O8S4. The van der Waals surface area contributed by atoms with Crippen LogP contribution in [0.25, 0.3) is 4.91 Å². The number of phenolic OH excluding ortho intramolecular Hbond substituents is 2. The van der Waals surface area contributed by atoms with Gasteiger partial charge in [-0.25, -0.2) is 0 Å². The lowest BCUT2D eigenvalue weighted by Crippen LogP contribution is -2.19. The lowest BCUT2D eigenvalue weighted by Gasteiger charge is -2.28. The van der Waals surface area contributed by atoms with Gasteiger partial charge in [-0.2, -0.15) is 28.6 Å². The number of rotatable bonds is 13. The maximum atomic E-state index is 11.0. The van der Waals surface area contributed by atoms with E-state index in [1.54, 1.807) is 24.3 Å². The molecule has 0 saturated carbocycles. The van der Waals surface area contributed by atoms with Crippen molar-refractivity contribution in [2.24, 2.45) is 0 Å². The molecule has 0 heterocycles. The quantitative estimate of drug-likeness (QED) is 0.203. The van der Waals surface area contributed by atoms with Gasteiger partial charge in [0.25, 0.3) is 20.2 Å². The van der Waals surface area contributed by atoms with Crippen molar-refractivity contribution in [1.82, 2.24) is 0 Å². The van der Waals surface area contributed by atoms with Crippen LogP contribution in [0.4, 0.5) is 0 Å². The molecule has 0 aliphatic carbocycles. The standard InChI is InChI=1S/C23H30O8S4/c1-16(33-10-12-35(29,30)31)20-14-19(6-8-22(20)25)23(2,3)18-5-7-21(24)17(13-18)15-32-9-4-11-34(26,27)28/h5-8,13-14,24-25H,1,4,9-12,15H2,2-3H3,(H,26,27,28)(H,29,30,31). The minimum atomic E-state index is -4.09. The van der Waals surface area contributed by atoms with Crippen LogP contribution < -0.4 is 0 Å². The van der Waals surface area contributed by atoms with Gasteiger partial charge in [-0.1, -0.05) is 38.6 Å². The van der Waals surface area contributed by atoms with Crippen molar-refractivity contribution in [2.45, 2.75) is 31.4 Å². The average Bonchev–Trinajstić information content (AvgIpc) is 2.73. The molecule has 8 nitrogen and oxygen atoms in total. The number of thioether (sulfide) groups is 2. The Hall–Kier alpha value is -1.70. The van der Waals surface area contributed by atoms with E-state index < -0.39 is 31.4 Å². The van der Waals surface area contributed by atoms with Crippen LogP contribution in [-0.2, 0) is 31.4 Å². The van der Waals surface area contributed by atoms with Gasteiger partial charge in [0.1, 0.15) is 11.5 Å². The fourth-order valence-electron chi connectivity index (χ4n) is 3.28. The van der Waals surface area contributed by atoms with Crippen molar-refractivity contribution >= 4 is 48.7 Å². The van der Waals surface area contributed by atoms with Gasteiger partial charge in [-0.05, 0) is 41.5 Å². The molecule has 0 fully saturated rings. The summed E-state index contributed by atoms with van der Waals surface area (Å²) in [6.07, 6.45) is 0.303. The van der Waals surface area contributed by atoms with E-state index in [1.165, 1.54) is 11.8 Å². The molecule has 0 bridgehead atoms. The van der Waals surface area contributed by atoms with Crippen LogP contribution in [-0.4, -0.2) is 59.2 Å². The van der Waals surface area contributed by atoms with Gasteiger partial charge in [0.2, 0.25) is 0 Å². The second kappa shape index (κ2) is 12.0. The number of phenols is 2. The highest BCUT2D eigenvalue weighted by atomic mass is 32.2. The number of benzene rings is 2. The zero-order valence-electron chi connectivity index (χ0n) is 19.5. The van der Waals surface area contributed by atoms with Crippen LogP contribution in [0.5, 0.6) is 11.5 Å². The summed E-state index contributed by atoms with van der Waals surface area (Å²) in [7, 11) is -8.07. The molecule has 0 atom stereocenters. The van der Waals surface area contributed by atoms with Crippen molar-refractivity contribution in [2.75, 3.05) is 23.0 Å². The number of hydrogen-bond donors (Lipinski definition) is 4. The summed E-state index contributed by atoms with van der Waals surface area (Å²) in [6.45, 7) is 7.91. The predicted octanol–water partition coefficient (Wildman–Crippen LogP) is 4.53. The molecule has 2 aromatic carbocycles. The zero-order chi connectivity index (χ0) is 26.4. The molecule has 194 valence electrons. The van der Waals surface area contributed by atoms with Gasteiger partial charge in [0, 0.05) is 33.0 Å². The Balaban J connectivity index is 2.20. The average molecular weight is 563 g/mol. The second-order valence-corrected chi connectivity index (χ2v) is 13.9. The number of aromatic hydroxyl groups is 2. The maximum absolute atomic E-state index is 11.0. The van der Waals surface area contributed by atoms with Gasteiger partial charge < -0.3 is 10.2 Å². The van der Waals surface area contributed by atoms with E-state index in [4.69, 9.17) is 9.11 Å². The molecule has 2 aromatic rings. The zero-order valence-corrected chi connectivity index (χ0v) is 22.7. The van der Waals surface area contributed by atoms with Crippen LogP contribution in [0.3, 0.4) is 0 Å². The Morgan fingerprint density at radius 2 is 1.46 bits per heavy atom. The number of hydrogen-bond acceptors (Lipinski definition) is 8. The molecule has 0 unspecified atom stereocenters. The minimum absolute atomic E-state index is 0.00148. The third-order valence-electron chi connectivity index (χ3n) is 5.39. The Labute approximate surface area is 215 Å². The molecule has 12 heteroatoms. The van der Waals surface area contributed by atoms with Gasteiger partial charge in [-0.15, -0.1) is 11.8 Å². The maximum Gasteiger partial charge on any atom is 0.265 e. The molecule has 0 amide bonds. The Kier molecular flexibility index (Phi) is 10.1. The van der Waals surface area contributed by atoms with Crippen LogP contribution in [0, 0.1) is 0 Å². The van der Waals surface area contributed by atoms with Gasteiger partial charge in [-0.3, -0.25) is 9.11 Å².